The number of likely N-dealkylation sites (tertiary alicyclic amines) is 1. The van der Waals surface area contributed by atoms with Crippen molar-refractivity contribution in [2.75, 3.05) is 34.2 Å². The highest BCUT2D eigenvalue weighted by molar-refractivity contribution is 5.82. The molecular weight excluding hydrogens is 262 g/mol. The summed E-state index contributed by atoms with van der Waals surface area (Å²) in [6.07, 6.45) is 2.99. The second-order valence-electron chi connectivity index (χ2n) is 6.12. The van der Waals surface area contributed by atoms with Gasteiger partial charge >= 0.3 is 0 Å². The molecule has 1 aliphatic heterocycles. The summed E-state index contributed by atoms with van der Waals surface area (Å²) in [5.74, 6) is 0.241. The Kier molecular flexibility index (Phi) is 5.76. The van der Waals surface area contributed by atoms with Gasteiger partial charge in [-0.1, -0.05) is 30.3 Å². The molecule has 1 N–H and O–H groups in total. The highest BCUT2D eigenvalue weighted by Gasteiger charge is 2.32. The summed E-state index contributed by atoms with van der Waals surface area (Å²) in [5, 5.41) is 3.20. The number of hydrogen-bond acceptors (Lipinski definition) is 3. The van der Waals surface area contributed by atoms with Gasteiger partial charge in [0.15, 0.2) is 0 Å². The van der Waals surface area contributed by atoms with Gasteiger partial charge in [0.1, 0.15) is 0 Å². The molecule has 1 aromatic rings. The molecule has 1 saturated heterocycles. The van der Waals surface area contributed by atoms with Crippen LogP contribution in [0.5, 0.6) is 0 Å². The van der Waals surface area contributed by atoms with Crippen LogP contribution in [0.2, 0.25) is 0 Å². The predicted molar refractivity (Wildman–Crippen MR) is 86.3 cm³/mol. The Balaban J connectivity index is 2.02. The van der Waals surface area contributed by atoms with Gasteiger partial charge in [-0.3, -0.25) is 4.79 Å². The van der Waals surface area contributed by atoms with Crippen molar-refractivity contribution in [2.24, 2.45) is 0 Å². The third-order valence-electron chi connectivity index (χ3n) is 4.17. The predicted octanol–water partition coefficient (Wildman–Crippen LogP) is 1.37. The van der Waals surface area contributed by atoms with Crippen molar-refractivity contribution < 1.29 is 4.79 Å². The molecule has 0 spiro atoms. The molecule has 1 aliphatic rings. The largest absolute Gasteiger partial charge is 0.337 e. The quantitative estimate of drug-likeness (QED) is 0.859. The number of benzene rings is 1. The van der Waals surface area contributed by atoms with E-state index in [1.54, 1.807) is 0 Å². The van der Waals surface area contributed by atoms with E-state index in [2.05, 4.69) is 41.3 Å². The van der Waals surface area contributed by atoms with Gasteiger partial charge in [-0.25, -0.2) is 0 Å². The lowest BCUT2D eigenvalue weighted by molar-refractivity contribution is -0.134. The molecule has 0 bridgehead atoms. The topological polar surface area (TPSA) is 35.6 Å². The van der Waals surface area contributed by atoms with Gasteiger partial charge in [0, 0.05) is 19.1 Å². The summed E-state index contributed by atoms with van der Waals surface area (Å²) < 4.78 is 0. The molecule has 1 heterocycles. The molecule has 0 aromatic heterocycles. The molecule has 1 amide bonds. The molecule has 2 atom stereocenters. The normalized spacial score (nSPS) is 20.0. The smallest absolute Gasteiger partial charge is 0.240 e. The van der Waals surface area contributed by atoms with E-state index in [4.69, 9.17) is 0 Å². The molecule has 2 rings (SSSR count). The molecule has 1 aromatic carbocycles. The monoisotopic (exact) mass is 289 g/mol. The zero-order valence-electron chi connectivity index (χ0n) is 13.4. The van der Waals surface area contributed by atoms with E-state index in [0.29, 0.717) is 6.04 Å². The number of nitrogens with zero attached hydrogens (tertiary/aromatic N) is 2. The Labute approximate surface area is 128 Å². The Bertz CT molecular complexity index is 447. The van der Waals surface area contributed by atoms with Crippen LogP contribution in [0.1, 0.15) is 18.4 Å². The van der Waals surface area contributed by atoms with Crippen LogP contribution in [0, 0.1) is 0 Å². The summed E-state index contributed by atoms with van der Waals surface area (Å²) in [7, 11) is 6.02. The first-order chi connectivity index (χ1) is 10.1. The number of rotatable bonds is 6. The molecule has 0 aliphatic carbocycles. The Morgan fingerprint density at radius 1 is 1.38 bits per heavy atom. The van der Waals surface area contributed by atoms with Crippen LogP contribution in [-0.4, -0.2) is 62.0 Å². The van der Waals surface area contributed by atoms with Crippen LogP contribution >= 0.6 is 0 Å². The lowest BCUT2D eigenvalue weighted by Gasteiger charge is -2.30. The standard InChI is InChI=1S/C17H27N3O/c1-18-16(12-14-8-5-4-6-9-14)17(21)20-11-7-10-15(20)13-19(2)3/h4-6,8-9,15-16,18H,7,10-13H2,1-3H3/t15-,16+/m0/s1. The minimum atomic E-state index is -0.129. The third-order valence-corrected chi connectivity index (χ3v) is 4.17. The van der Waals surface area contributed by atoms with Gasteiger partial charge in [-0.2, -0.15) is 0 Å². The maximum atomic E-state index is 12.8. The van der Waals surface area contributed by atoms with Gasteiger partial charge in [0.2, 0.25) is 5.91 Å². The summed E-state index contributed by atoms with van der Waals surface area (Å²) in [6.45, 7) is 1.85. The molecule has 4 nitrogen and oxygen atoms in total. The van der Waals surface area contributed by atoms with E-state index in [1.807, 2.05) is 25.2 Å². The van der Waals surface area contributed by atoms with E-state index in [0.717, 1.165) is 32.4 Å². The lowest BCUT2D eigenvalue weighted by Crippen LogP contribution is -2.50. The minimum absolute atomic E-state index is 0.129. The summed E-state index contributed by atoms with van der Waals surface area (Å²) in [5.41, 5.74) is 1.20. The average molecular weight is 289 g/mol. The number of likely N-dealkylation sites (N-methyl/N-ethyl adjacent to an activating group) is 2. The van der Waals surface area contributed by atoms with Gasteiger partial charge in [-0.15, -0.1) is 0 Å². The fourth-order valence-electron chi connectivity index (χ4n) is 3.10. The molecule has 0 radical (unpaired) electrons. The summed E-state index contributed by atoms with van der Waals surface area (Å²) >= 11 is 0. The fraction of sp³-hybridized carbons (Fsp3) is 0.588. The first-order valence-corrected chi connectivity index (χ1v) is 7.78. The summed E-state index contributed by atoms with van der Waals surface area (Å²) in [6, 6.07) is 10.5. The van der Waals surface area contributed by atoms with Crippen LogP contribution in [0.15, 0.2) is 30.3 Å². The van der Waals surface area contributed by atoms with Crippen molar-refractivity contribution in [1.29, 1.82) is 0 Å². The number of hydrogen-bond donors (Lipinski definition) is 1. The molecule has 0 unspecified atom stereocenters. The van der Waals surface area contributed by atoms with Crippen LogP contribution in [0.3, 0.4) is 0 Å². The van der Waals surface area contributed by atoms with Crippen LogP contribution in [0.4, 0.5) is 0 Å². The molecule has 1 fully saturated rings. The van der Waals surface area contributed by atoms with E-state index in [-0.39, 0.29) is 11.9 Å². The zero-order chi connectivity index (χ0) is 15.2. The molecule has 116 valence electrons. The van der Waals surface area contributed by atoms with Crippen molar-refractivity contribution in [3.05, 3.63) is 35.9 Å². The Morgan fingerprint density at radius 2 is 2.10 bits per heavy atom. The first kappa shape index (κ1) is 16.0. The van der Waals surface area contributed by atoms with E-state index in [9.17, 15) is 4.79 Å². The van der Waals surface area contributed by atoms with Crippen LogP contribution in [0.25, 0.3) is 0 Å². The first-order valence-electron chi connectivity index (χ1n) is 7.78. The number of carbonyl (C=O) groups is 1. The Morgan fingerprint density at radius 3 is 2.71 bits per heavy atom. The molecular formula is C17H27N3O. The fourth-order valence-corrected chi connectivity index (χ4v) is 3.10. The van der Waals surface area contributed by atoms with Crippen molar-refractivity contribution in [3.63, 3.8) is 0 Å². The van der Waals surface area contributed by atoms with Crippen LogP contribution in [-0.2, 0) is 11.2 Å². The number of carbonyl (C=O) groups excluding carboxylic acids is 1. The van der Waals surface area contributed by atoms with Gasteiger partial charge in [-0.05, 0) is 46.0 Å². The number of nitrogens with one attached hydrogen (secondary N) is 1. The minimum Gasteiger partial charge on any atom is -0.337 e. The lowest BCUT2D eigenvalue weighted by atomic mass is 10.0. The van der Waals surface area contributed by atoms with Gasteiger partial charge in [0.25, 0.3) is 0 Å². The summed E-state index contributed by atoms with van der Waals surface area (Å²) in [4.78, 5) is 17.1. The third kappa shape index (κ3) is 4.29. The average Bonchev–Trinajstić information content (AvgIpc) is 2.92. The van der Waals surface area contributed by atoms with Crippen molar-refractivity contribution in [3.8, 4) is 0 Å². The molecule has 21 heavy (non-hydrogen) atoms. The molecule has 0 saturated carbocycles. The van der Waals surface area contributed by atoms with Gasteiger partial charge in [0.05, 0.1) is 6.04 Å². The van der Waals surface area contributed by atoms with E-state index < -0.39 is 0 Å². The second-order valence-corrected chi connectivity index (χ2v) is 6.12. The SMILES string of the molecule is CN[C@H](Cc1ccccc1)C(=O)N1CCC[C@H]1CN(C)C. The molecule has 4 heteroatoms. The van der Waals surface area contributed by atoms with E-state index in [1.165, 1.54) is 5.56 Å². The highest BCUT2D eigenvalue weighted by atomic mass is 16.2. The maximum Gasteiger partial charge on any atom is 0.240 e. The zero-order valence-corrected chi connectivity index (χ0v) is 13.4. The Hall–Kier alpha value is -1.39. The van der Waals surface area contributed by atoms with Crippen molar-refractivity contribution >= 4 is 5.91 Å². The second kappa shape index (κ2) is 7.57. The number of amides is 1. The van der Waals surface area contributed by atoms with Crippen molar-refractivity contribution in [2.45, 2.75) is 31.3 Å². The van der Waals surface area contributed by atoms with E-state index >= 15 is 0 Å². The maximum absolute atomic E-state index is 12.8. The highest BCUT2D eigenvalue weighted by Crippen LogP contribution is 2.19. The van der Waals surface area contributed by atoms with Crippen LogP contribution < -0.4 is 5.32 Å². The van der Waals surface area contributed by atoms with Crippen molar-refractivity contribution in [1.82, 2.24) is 15.1 Å². The van der Waals surface area contributed by atoms with Gasteiger partial charge < -0.3 is 15.1 Å².